The van der Waals surface area contributed by atoms with E-state index in [1.54, 1.807) is 7.11 Å². The lowest BCUT2D eigenvalue weighted by atomic mass is 9.98. The van der Waals surface area contributed by atoms with Gasteiger partial charge in [0.1, 0.15) is 5.75 Å². The highest BCUT2D eigenvalue weighted by molar-refractivity contribution is 5.69. The standard InChI is InChI=1S/C20H27NO/c1-17(18-12-8-9-13-19(18)22-6)16-21(5)15-11-7-10-14-20(2,3)4/h7-9,11-13H,1,15-16H2,2-6H3. The summed E-state index contributed by atoms with van der Waals surface area (Å²) in [6.45, 7) is 12.1. The van der Waals surface area contributed by atoms with Crippen LogP contribution in [0.2, 0.25) is 0 Å². The molecule has 0 spiro atoms. The van der Waals surface area contributed by atoms with Crippen LogP contribution < -0.4 is 4.74 Å². The van der Waals surface area contributed by atoms with Gasteiger partial charge < -0.3 is 4.74 Å². The molecule has 118 valence electrons. The number of ether oxygens (including phenoxy) is 1. The number of allylic oxidation sites excluding steroid dienone is 1. The van der Waals surface area contributed by atoms with E-state index in [1.807, 2.05) is 30.3 Å². The summed E-state index contributed by atoms with van der Waals surface area (Å²) in [5, 5.41) is 0. The summed E-state index contributed by atoms with van der Waals surface area (Å²) in [5.41, 5.74) is 2.16. The number of likely N-dealkylation sites (N-methyl/N-ethyl adjacent to an activating group) is 1. The minimum absolute atomic E-state index is 0.0500. The number of methoxy groups -OCH3 is 1. The van der Waals surface area contributed by atoms with Crippen LogP contribution in [0, 0.1) is 17.3 Å². The number of para-hydroxylation sites is 1. The fraction of sp³-hybridized carbons (Fsp3) is 0.400. The van der Waals surface area contributed by atoms with Crippen LogP contribution in [0.3, 0.4) is 0 Å². The second-order valence-corrected chi connectivity index (χ2v) is 6.42. The molecule has 22 heavy (non-hydrogen) atoms. The van der Waals surface area contributed by atoms with Crippen LogP contribution in [0.4, 0.5) is 0 Å². The molecule has 0 fully saturated rings. The molecule has 0 heterocycles. The summed E-state index contributed by atoms with van der Waals surface area (Å²) in [5.74, 6) is 7.14. The highest BCUT2D eigenvalue weighted by Gasteiger charge is 2.07. The van der Waals surface area contributed by atoms with E-state index in [4.69, 9.17) is 4.74 Å². The molecule has 0 N–H and O–H groups in total. The van der Waals surface area contributed by atoms with Crippen molar-refractivity contribution in [2.24, 2.45) is 5.41 Å². The fourth-order valence-electron chi connectivity index (χ4n) is 1.96. The van der Waals surface area contributed by atoms with Crippen molar-refractivity contribution < 1.29 is 4.74 Å². The van der Waals surface area contributed by atoms with E-state index in [1.165, 1.54) is 0 Å². The lowest BCUT2D eigenvalue weighted by molar-refractivity contribution is 0.406. The van der Waals surface area contributed by atoms with Gasteiger partial charge in [0.15, 0.2) is 0 Å². The Morgan fingerprint density at radius 1 is 1.32 bits per heavy atom. The zero-order valence-corrected chi connectivity index (χ0v) is 14.4. The maximum atomic E-state index is 5.38. The molecule has 2 heteroatoms. The van der Waals surface area contributed by atoms with Crippen LogP contribution in [-0.2, 0) is 0 Å². The smallest absolute Gasteiger partial charge is 0.126 e. The molecule has 0 aliphatic heterocycles. The second kappa shape index (κ2) is 8.46. The van der Waals surface area contributed by atoms with E-state index in [2.05, 4.69) is 57.2 Å². The topological polar surface area (TPSA) is 12.5 Å². The van der Waals surface area contributed by atoms with Crippen molar-refractivity contribution in [3.8, 4) is 17.6 Å². The van der Waals surface area contributed by atoms with Crippen molar-refractivity contribution in [3.05, 3.63) is 48.6 Å². The van der Waals surface area contributed by atoms with Crippen LogP contribution in [-0.4, -0.2) is 32.1 Å². The van der Waals surface area contributed by atoms with E-state index < -0.39 is 0 Å². The molecule has 1 aromatic carbocycles. The number of benzene rings is 1. The Hall–Kier alpha value is -1.98. The van der Waals surface area contributed by atoms with Crippen LogP contribution in [0.15, 0.2) is 43.0 Å². The minimum Gasteiger partial charge on any atom is -0.496 e. The summed E-state index contributed by atoms with van der Waals surface area (Å²) in [6.07, 6.45) is 4.00. The average Bonchev–Trinajstić information content (AvgIpc) is 2.45. The van der Waals surface area contributed by atoms with E-state index in [0.717, 1.165) is 30.0 Å². The molecule has 0 saturated heterocycles. The average molecular weight is 297 g/mol. The Bertz CT molecular complexity index is 582. The second-order valence-electron chi connectivity index (χ2n) is 6.42. The zero-order chi connectivity index (χ0) is 16.6. The summed E-state index contributed by atoms with van der Waals surface area (Å²) in [7, 11) is 3.76. The van der Waals surface area contributed by atoms with Crippen molar-refractivity contribution >= 4 is 5.57 Å². The van der Waals surface area contributed by atoms with Gasteiger partial charge in [-0.05, 0) is 45.5 Å². The van der Waals surface area contributed by atoms with Gasteiger partial charge in [0, 0.05) is 24.1 Å². The van der Waals surface area contributed by atoms with E-state index in [0.29, 0.717) is 0 Å². The molecule has 2 nitrogen and oxygen atoms in total. The molecule has 0 radical (unpaired) electrons. The molecule has 0 aliphatic carbocycles. The first-order chi connectivity index (χ1) is 10.3. The predicted molar refractivity (Wildman–Crippen MR) is 95.9 cm³/mol. The minimum atomic E-state index is 0.0500. The molecule has 0 aromatic heterocycles. The van der Waals surface area contributed by atoms with Gasteiger partial charge in [-0.1, -0.05) is 42.7 Å². The zero-order valence-electron chi connectivity index (χ0n) is 14.4. The van der Waals surface area contributed by atoms with Crippen LogP contribution in [0.25, 0.3) is 5.57 Å². The monoisotopic (exact) mass is 297 g/mol. The Balaban J connectivity index is 2.54. The molecule has 0 atom stereocenters. The quantitative estimate of drug-likeness (QED) is 0.728. The molecule has 0 unspecified atom stereocenters. The molecular formula is C20H27NO. The first-order valence-corrected chi connectivity index (χ1v) is 7.51. The van der Waals surface area contributed by atoms with Crippen molar-refractivity contribution in [1.82, 2.24) is 4.90 Å². The van der Waals surface area contributed by atoms with Crippen LogP contribution in [0.5, 0.6) is 5.75 Å². The molecular weight excluding hydrogens is 270 g/mol. The summed E-state index contributed by atoms with van der Waals surface area (Å²) in [6, 6.07) is 7.98. The fourth-order valence-corrected chi connectivity index (χ4v) is 1.96. The first-order valence-electron chi connectivity index (χ1n) is 7.51. The third kappa shape index (κ3) is 6.65. The van der Waals surface area contributed by atoms with Crippen molar-refractivity contribution in [1.29, 1.82) is 0 Å². The van der Waals surface area contributed by atoms with Crippen molar-refractivity contribution in [3.63, 3.8) is 0 Å². The molecule has 0 saturated carbocycles. The molecule has 1 rings (SSSR count). The molecule has 0 bridgehead atoms. The molecule has 0 aliphatic rings. The SMILES string of the molecule is C=C(CN(C)CC=CC#CC(C)(C)C)c1ccccc1OC. The van der Waals surface area contributed by atoms with Gasteiger partial charge in [-0.15, -0.1) is 0 Å². The summed E-state index contributed by atoms with van der Waals surface area (Å²) < 4.78 is 5.38. The Morgan fingerprint density at radius 2 is 2.00 bits per heavy atom. The maximum absolute atomic E-state index is 5.38. The van der Waals surface area contributed by atoms with E-state index in [9.17, 15) is 0 Å². The van der Waals surface area contributed by atoms with E-state index >= 15 is 0 Å². The third-order valence-electron chi connectivity index (χ3n) is 3.01. The lowest BCUT2D eigenvalue weighted by Gasteiger charge is -2.17. The summed E-state index contributed by atoms with van der Waals surface area (Å²) in [4.78, 5) is 2.20. The lowest BCUT2D eigenvalue weighted by Crippen LogP contribution is -2.20. The number of rotatable bonds is 6. The predicted octanol–water partition coefficient (Wildman–Crippen LogP) is 4.25. The van der Waals surface area contributed by atoms with Gasteiger partial charge >= 0.3 is 0 Å². The Kier molecular flexibility index (Phi) is 6.95. The van der Waals surface area contributed by atoms with Crippen molar-refractivity contribution in [2.75, 3.05) is 27.2 Å². The van der Waals surface area contributed by atoms with Gasteiger partial charge in [0.2, 0.25) is 0 Å². The van der Waals surface area contributed by atoms with Gasteiger partial charge in [-0.3, -0.25) is 4.90 Å². The third-order valence-corrected chi connectivity index (χ3v) is 3.01. The Labute approximate surface area is 135 Å². The Morgan fingerprint density at radius 3 is 2.64 bits per heavy atom. The van der Waals surface area contributed by atoms with Crippen molar-refractivity contribution in [2.45, 2.75) is 20.8 Å². The largest absolute Gasteiger partial charge is 0.496 e. The first kappa shape index (κ1) is 18.1. The number of hydrogen-bond donors (Lipinski definition) is 0. The van der Waals surface area contributed by atoms with E-state index in [-0.39, 0.29) is 5.41 Å². The van der Waals surface area contributed by atoms with Crippen LogP contribution in [0.1, 0.15) is 26.3 Å². The molecule has 1 aromatic rings. The van der Waals surface area contributed by atoms with Gasteiger partial charge in [-0.25, -0.2) is 0 Å². The number of nitrogens with zero attached hydrogens (tertiary/aromatic N) is 1. The van der Waals surface area contributed by atoms with Crippen LogP contribution >= 0.6 is 0 Å². The molecule has 0 amide bonds. The highest BCUT2D eigenvalue weighted by Crippen LogP contribution is 2.24. The maximum Gasteiger partial charge on any atom is 0.126 e. The number of hydrogen-bond acceptors (Lipinski definition) is 2. The highest BCUT2D eigenvalue weighted by atomic mass is 16.5. The van der Waals surface area contributed by atoms with Gasteiger partial charge in [0.25, 0.3) is 0 Å². The summed E-state index contributed by atoms with van der Waals surface area (Å²) >= 11 is 0. The van der Waals surface area contributed by atoms with Gasteiger partial charge in [0.05, 0.1) is 7.11 Å². The van der Waals surface area contributed by atoms with Gasteiger partial charge in [-0.2, -0.15) is 0 Å². The normalized spacial score (nSPS) is 11.4.